The molecule has 1 aromatic carbocycles. The third-order valence-electron chi connectivity index (χ3n) is 1.60. The third kappa shape index (κ3) is 2.37. The number of hydrogen-bond donors (Lipinski definition) is 3. The lowest BCUT2D eigenvalue weighted by Gasteiger charge is -1.99. The minimum atomic E-state index is 0.865. The first-order valence-corrected chi connectivity index (χ1v) is 4.94. The van der Waals surface area contributed by atoms with Gasteiger partial charge in [0.05, 0.1) is 0 Å². The average molecular weight is 194 g/mol. The van der Waals surface area contributed by atoms with Gasteiger partial charge in [-0.3, -0.25) is 5.43 Å². The molecule has 0 fully saturated rings. The van der Waals surface area contributed by atoms with E-state index in [-0.39, 0.29) is 0 Å². The van der Waals surface area contributed by atoms with Gasteiger partial charge < -0.3 is 0 Å². The maximum Gasteiger partial charge on any atom is 0.197 e. The van der Waals surface area contributed by atoms with Gasteiger partial charge in [-0.25, -0.2) is 5.53 Å². The molecule has 0 radical (unpaired) electrons. The molecule has 5 heteroatoms. The van der Waals surface area contributed by atoms with E-state index in [1.807, 2.05) is 18.2 Å². The van der Waals surface area contributed by atoms with Crippen molar-refractivity contribution in [1.82, 2.24) is 16.5 Å². The van der Waals surface area contributed by atoms with Crippen molar-refractivity contribution in [2.75, 3.05) is 0 Å². The van der Waals surface area contributed by atoms with Crippen LogP contribution in [-0.4, -0.2) is 5.17 Å². The van der Waals surface area contributed by atoms with Gasteiger partial charge in [-0.1, -0.05) is 42.1 Å². The molecule has 68 valence electrons. The quantitative estimate of drug-likeness (QED) is 0.652. The number of amidine groups is 1. The van der Waals surface area contributed by atoms with Gasteiger partial charge in [0.2, 0.25) is 0 Å². The van der Waals surface area contributed by atoms with Crippen molar-refractivity contribution in [3.8, 4) is 0 Å². The zero-order valence-corrected chi connectivity index (χ0v) is 7.77. The van der Waals surface area contributed by atoms with Crippen molar-refractivity contribution >= 4 is 16.9 Å². The van der Waals surface area contributed by atoms with E-state index in [0.29, 0.717) is 0 Å². The lowest BCUT2D eigenvalue weighted by Crippen LogP contribution is -2.33. The molecule has 0 atom stereocenters. The molecule has 0 spiro atoms. The van der Waals surface area contributed by atoms with Crippen LogP contribution in [0.3, 0.4) is 0 Å². The zero-order chi connectivity index (χ0) is 8.93. The van der Waals surface area contributed by atoms with Gasteiger partial charge in [0, 0.05) is 5.75 Å². The Labute approximate surface area is 80.7 Å². The number of hydrazone groups is 1. The van der Waals surface area contributed by atoms with E-state index in [0.717, 1.165) is 10.9 Å². The highest BCUT2D eigenvalue weighted by Crippen LogP contribution is 2.12. The van der Waals surface area contributed by atoms with Crippen LogP contribution in [0.15, 0.2) is 35.4 Å². The fourth-order valence-corrected chi connectivity index (χ4v) is 1.71. The molecule has 1 aliphatic heterocycles. The summed E-state index contributed by atoms with van der Waals surface area (Å²) in [6, 6.07) is 10.3. The average Bonchev–Trinajstić information content (AvgIpc) is 2.69. The van der Waals surface area contributed by atoms with Crippen molar-refractivity contribution in [3.63, 3.8) is 0 Å². The molecule has 4 nitrogen and oxygen atoms in total. The number of rotatable bonds is 2. The minimum Gasteiger partial charge on any atom is -0.280 e. The van der Waals surface area contributed by atoms with Crippen LogP contribution in [0.2, 0.25) is 0 Å². The molecule has 0 unspecified atom stereocenters. The number of nitrogens with zero attached hydrogens (tertiary/aromatic N) is 1. The predicted molar refractivity (Wildman–Crippen MR) is 54.6 cm³/mol. The fraction of sp³-hybridized carbons (Fsp3) is 0.125. The molecule has 0 aliphatic carbocycles. The Morgan fingerprint density at radius 3 is 2.77 bits per heavy atom. The highest BCUT2D eigenvalue weighted by atomic mass is 32.2. The molecule has 0 amide bonds. The summed E-state index contributed by atoms with van der Waals surface area (Å²) in [5, 5.41) is 4.82. The second-order valence-corrected chi connectivity index (χ2v) is 3.52. The first-order valence-electron chi connectivity index (χ1n) is 3.95. The molecular formula is C8H10N4S. The van der Waals surface area contributed by atoms with Crippen LogP contribution in [0.5, 0.6) is 0 Å². The summed E-state index contributed by atoms with van der Waals surface area (Å²) < 4.78 is 0. The number of benzene rings is 1. The first-order chi connectivity index (χ1) is 6.45. The van der Waals surface area contributed by atoms with E-state index in [1.165, 1.54) is 5.56 Å². The summed E-state index contributed by atoms with van der Waals surface area (Å²) >= 11 is 1.65. The standard InChI is InChI=1S/C8H10N4S/c1-2-4-7(5-3-1)6-13-8-9-11-12-10-8/h1-5,11-12H,6H2,(H,9,10). The molecule has 1 heterocycles. The number of hydrazine groups is 2. The highest BCUT2D eigenvalue weighted by molar-refractivity contribution is 8.13. The van der Waals surface area contributed by atoms with Crippen molar-refractivity contribution in [2.45, 2.75) is 5.75 Å². The minimum absolute atomic E-state index is 0.865. The van der Waals surface area contributed by atoms with E-state index in [9.17, 15) is 0 Å². The van der Waals surface area contributed by atoms with Gasteiger partial charge >= 0.3 is 0 Å². The van der Waals surface area contributed by atoms with Crippen molar-refractivity contribution in [1.29, 1.82) is 0 Å². The van der Waals surface area contributed by atoms with Gasteiger partial charge in [-0.15, -0.1) is 10.6 Å². The van der Waals surface area contributed by atoms with E-state index in [1.54, 1.807) is 11.8 Å². The summed E-state index contributed by atoms with van der Waals surface area (Å²) in [4.78, 5) is 0. The van der Waals surface area contributed by atoms with E-state index in [4.69, 9.17) is 0 Å². The SMILES string of the molecule is c1ccc(CSC2=NNNN2)cc1. The van der Waals surface area contributed by atoms with Crippen LogP contribution in [0, 0.1) is 0 Å². The number of hydrogen-bond acceptors (Lipinski definition) is 5. The largest absolute Gasteiger partial charge is 0.280 e. The maximum atomic E-state index is 3.96. The van der Waals surface area contributed by atoms with Crippen LogP contribution in [0.25, 0.3) is 0 Å². The zero-order valence-electron chi connectivity index (χ0n) is 6.95. The van der Waals surface area contributed by atoms with E-state index in [2.05, 4.69) is 33.7 Å². The predicted octanol–water partition coefficient (Wildman–Crippen LogP) is 0.803. The van der Waals surface area contributed by atoms with Gasteiger partial charge in [-0.05, 0) is 5.56 Å². The second-order valence-electron chi connectivity index (χ2n) is 2.55. The van der Waals surface area contributed by atoms with Crippen molar-refractivity contribution in [3.05, 3.63) is 35.9 Å². The van der Waals surface area contributed by atoms with Crippen LogP contribution in [0.4, 0.5) is 0 Å². The summed E-state index contributed by atoms with van der Waals surface area (Å²) in [5.41, 5.74) is 9.47. The lowest BCUT2D eigenvalue weighted by molar-refractivity contribution is 0.578. The smallest absolute Gasteiger partial charge is 0.197 e. The molecule has 0 saturated heterocycles. The number of thioether (sulfide) groups is 1. The monoisotopic (exact) mass is 194 g/mol. The molecule has 1 aliphatic rings. The van der Waals surface area contributed by atoms with Crippen LogP contribution >= 0.6 is 11.8 Å². The van der Waals surface area contributed by atoms with Crippen LogP contribution < -0.4 is 16.5 Å². The molecule has 2 rings (SSSR count). The van der Waals surface area contributed by atoms with Gasteiger partial charge in [0.15, 0.2) is 5.17 Å². The Morgan fingerprint density at radius 1 is 1.23 bits per heavy atom. The van der Waals surface area contributed by atoms with Crippen molar-refractivity contribution in [2.24, 2.45) is 5.10 Å². The summed E-state index contributed by atoms with van der Waals surface area (Å²) in [6.07, 6.45) is 0. The van der Waals surface area contributed by atoms with Crippen molar-refractivity contribution < 1.29 is 0 Å². The van der Waals surface area contributed by atoms with Crippen LogP contribution in [-0.2, 0) is 5.75 Å². The summed E-state index contributed by atoms with van der Waals surface area (Å²) in [6.45, 7) is 0. The van der Waals surface area contributed by atoms with E-state index < -0.39 is 0 Å². The molecular weight excluding hydrogens is 184 g/mol. The maximum absolute atomic E-state index is 3.96. The topological polar surface area (TPSA) is 48.5 Å². The molecule has 0 bridgehead atoms. The molecule has 3 N–H and O–H groups in total. The molecule has 0 aromatic heterocycles. The highest BCUT2D eigenvalue weighted by Gasteiger charge is 2.04. The van der Waals surface area contributed by atoms with E-state index >= 15 is 0 Å². The summed E-state index contributed by atoms with van der Waals surface area (Å²) in [7, 11) is 0. The number of nitrogens with one attached hydrogen (secondary N) is 3. The fourth-order valence-electron chi connectivity index (χ4n) is 0.982. The second kappa shape index (κ2) is 4.15. The molecule has 0 saturated carbocycles. The normalized spacial score (nSPS) is 14.6. The Balaban J connectivity index is 1.86. The van der Waals surface area contributed by atoms with Gasteiger partial charge in [0.1, 0.15) is 0 Å². The van der Waals surface area contributed by atoms with Crippen LogP contribution in [0.1, 0.15) is 5.56 Å². The summed E-state index contributed by atoms with van der Waals surface area (Å²) in [5.74, 6) is 0.927. The molecule has 13 heavy (non-hydrogen) atoms. The molecule has 1 aromatic rings. The van der Waals surface area contributed by atoms with Gasteiger partial charge in [-0.2, -0.15) is 0 Å². The lowest BCUT2D eigenvalue weighted by atomic mass is 10.2. The van der Waals surface area contributed by atoms with Gasteiger partial charge in [0.25, 0.3) is 0 Å². The third-order valence-corrected chi connectivity index (χ3v) is 2.55. The first kappa shape index (κ1) is 8.40. The Bertz CT molecular complexity index is 298. The Morgan fingerprint density at radius 2 is 2.08 bits per heavy atom. The Kier molecular flexibility index (Phi) is 2.68. The Hall–Kier alpha value is -1.20.